The third-order valence-electron chi connectivity index (χ3n) is 4.55. The number of aromatic nitrogens is 1. The molecule has 3 rings (SSSR count). The molecule has 0 spiro atoms. The highest BCUT2D eigenvalue weighted by Crippen LogP contribution is 2.30. The van der Waals surface area contributed by atoms with E-state index in [-0.39, 0.29) is 0 Å². The molecule has 0 saturated heterocycles. The van der Waals surface area contributed by atoms with E-state index in [2.05, 4.69) is 68.8 Å². The van der Waals surface area contributed by atoms with Crippen molar-refractivity contribution in [3.05, 3.63) is 64.8 Å². The lowest BCUT2D eigenvalue weighted by molar-refractivity contribution is -0.665. The fraction of sp³-hybridized carbons (Fsp3) is 0.286. The topological polar surface area (TPSA) is 3.88 Å². The van der Waals surface area contributed by atoms with Gasteiger partial charge in [0.15, 0.2) is 5.69 Å². The molecule has 22 heavy (non-hydrogen) atoms. The van der Waals surface area contributed by atoms with Crippen LogP contribution in [0.4, 0.5) is 0 Å². The van der Waals surface area contributed by atoms with Crippen LogP contribution < -0.4 is 4.57 Å². The van der Waals surface area contributed by atoms with Crippen LogP contribution in [0.3, 0.4) is 0 Å². The van der Waals surface area contributed by atoms with Crippen LogP contribution in [0.5, 0.6) is 0 Å². The summed E-state index contributed by atoms with van der Waals surface area (Å²) in [6.07, 6.45) is 1.03. The van der Waals surface area contributed by atoms with Crippen molar-refractivity contribution in [3.63, 3.8) is 0 Å². The Morgan fingerprint density at radius 1 is 1.05 bits per heavy atom. The number of rotatable bonds is 2. The molecule has 0 amide bonds. The van der Waals surface area contributed by atoms with Gasteiger partial charge >= 0.3 is 0 Å². The van der Waals surface area contributed by atoms with E-state index in [4.69, 9.17) is 1.37 Å². The Bertz CT molecular complexity index is 910. The average molecular weight is 291 g/mol. The fourth-order valence-corrected chi connectivity index (χ4v) is 3.07. The van der Waals surface area contributed by atoms with Gasteiger partial charge in [0.1, 0.15) is 7.05 Å². The minimum atomic E-state index is 0.624. The highest BCUT2D eigenvalue weighted by molar-refractivity contribution is 5.94. The molecule has 2 aromatic carbocycles. The maximum Gasteiger partial charge on any atom is 0.220 e. The van der Waals surface area contributed by atoms with Gasteiger partial charge < -0.3 is 0 Å². The summed E-state index contributed by atoms with van der Waals surface area (Å²) >= 11 is 0. The van der Waals surface area contributed by atoms with Crippen molar-refractivity contribution >= 4 is 10.8 Å². The van der Waals surface area contributed by atoms with Crippen LogP contribution in [-0.2, 0) is 13.5 Å². The van der Waals surface area contributed by atoms with Crippen LogP contribution >= 0.6 is 0 Å². The lowest BCUT2D eigenvalue weighted by Gasteiger charge is -2.11. The van der Waals surface area contributed by atoms with Crippen LogP contribution in [0.2, 0.25) is 0 Å². The van der Waals surface area contributed by atoms with Crippen molar-refractivity contribution in [2.75, 3.05) is 0 Å². The molecule has 0 atom stereocenters. The van der Waals surface area contributed by atoms with Gasteiger partial charge in [-0.15, -0.1) is 0 Å². The normalized spacial score (nSPS) is 11.8. The summed E-state index contributed by atoms with van der Waals surface area (Å²) in [6.45, 7) is 8.48. The maximum atomic E-state index is 8.50. The number of nitrogens with zero attached hydrogens (tertiary/aromatic N) is 1. The van der Waals surface area contributed by atoms with Crippen LogP contribution in [-0.4, -0.2) is 0 Å². The van der Waals surface area contributed by atoms with Crippen LogP contribution in [0.25, 0.3) is 22.0 Å². The molecule has 112 valence electrons. The molecule has 1 heterocycles. The molecule has 0 aliphatic heterocycles. The van der Waals surface area contributed by atoms with E-state index in [0.717, 1.165) is 22.9 Å². The quantitative estimate of drug-likeness (QED) is 0.596. The second kappa shape index (κ2) is 5.57. The second-order valence-corrected chi connectivity index (χ2v) is 6.17. The van der Waals surface area contributed by atoms with Gasteiger partial charge in [0.2, 0.25) is 5.69 Å². The van der Waals surface area contributed by atoms with E-state index >= 15 is 0 Å². The van der Waals surface area contributed by atoms with Gasteiger partial charge in [-0.2, -0.15) is 4.57 Å². The Labute approximate surface area is 134 Å². The van der Waals surface area contributed by atoms with E-state index in [1.54, 1.807) is 0 Å². The van der Waals surface area contributed by atoms with E-state index in [9.17, 15) is 0 Å². The van der Waals surface area contributed by atoms with E-state index in [1.807, 2.05) is 6.92 Å². The Morgan fingerprint density at radius 3 is 2.55 bits per heavy atom. The summed E-state index contributed by atoms with van der Waals surface area (Å²) in [5.41, 5.74) is 7.30. The first kappa shape index (κ1) is 13.5. The molecule has 0 saturated carbocycles. The minimum Gasteiger partial charge on any atom is -0.198 e. The van der Waals surface area contributed by atoms with Crippen molar-refractivity contribution < 1.29 is 5.94 Å². The van der Waals surface area contributed by atoms with Crippen molar-refractivity contribution in [1.82, 2.24) is 0 Å². The van der Waals surface area contributed by atoms with Crippen molar-refractivity contribution in [2.45, 2.75) is 34.1 Å². The molecule has 0 bridgehead atoms. The summed E-state index contributed by atoms with van der Waals surface area (Å²) in [7, 11) is 2.07. The Kier molecular flexibility index (Phi) is 3.42. The van der Waals surface area contributed by atoms with Gasteiger partial charge in [-0.25, -0.2) is 0 Å². The van der Waals surface area contributed by atoms with Crippen molar-refractivity contribution in [3.8, 4) is 11.3 Å². The number of aryl methyl sites for hydroxylation is 3. The van der Waals surface area contributed by atoms with E-state index in [1.165, 1.54) is 27.9 Å². The number of fused-ring (bicyclic) bond motifs is 1. The van der Waals surface area contributed by atoms with Crippen LogP contribution in [0.15, 0.2) is 42.4 Å². The molecule has 1 heteroatoms. The summed E-state index contributed by atoms with van der Waals surface area (Å²) in [5, 5.41) is 2.20. The molecule has 0 radical (unpaired) electrons. The Balaban J connectivity index is 2.47. The first-order valence-electron chi connectivity index (χ1n) is 8.43. The first-order valence-corrected chi connectivity index (χ1v) is 7.93. The molecular weight excluding hydrogens is 266 g/mol. The number of hydrogen-bond donors (Lipinski definition) is 0. The Hall–Kier alpha value is -2.15. The summed E-state index contributed by atoms with van der Waals surface area (Å²) < 4.78 is 10.7. The van der Waals surface area contributed by atoms with Crippen molar-refractivity contribution in [2.24, 2.45) is 7.05 Å². The zero-order valence-corrected chi connectivity index (χ0v) is 14.1. The smallest absolute Gasteiger partial charge is 0.198 e. The molecule has 0 aliphatic rings. The molecule has 0 aliphatic carbocycles. The summed E-state index contributed by atoms with van der Waals surface area (Å²) in [5.74, 6) is 0. The lowest BCUT2D eigenvalue weighted by Crippen LogP contribution is -2.35. The molecule has 0 unspecified atom stereocenters. The fourth-order valence-electron chi connectivity index (χ4n) is 3.07. The molecule has 1 nitrogen and oxygen atoms in total. The van der Waals surface area contributed by atoms with Crippen LogP contribution in [0, 0.1) is 20.8 Å². The predicted molar refractivity (Wildman–Crippen MR) is 94.1 cm³/mol. The molecule has 1 aromatic heterocycles. The highest BCUT2D eigenvalue weighted by Gasteiger charge is 2.19. The third kappa shape index (κ3) is 2.41. The van der Waals surface area contributed by atoms with Gasteiger partial charge in [-0.1, -0.05) is 36.8 Å². The zero-order valence-electron chi connectivity index (χ0n) is 15.1. The maximum absolute atomic E-state index is 8.50. The van der Waals surface area contributed by atoms with Gasteiger partial charge in [-0.05, 0) is 48.9 Å². The van der Waals surface area contributed by atoms with Gasteiger partial charge in [0.05, 0.1) is 6.76 Å². The molecule has 0 fully saturated rings. The van der Waals surface area contributed by atoms with E-state index < -0.39 is 0 Å². The first-order chi connectivity index (χ1) is 10.9. The van der Waals surface area contributed by atoms with Gasteiger partial charge in [0, 0.05) is 18.5 Å². The third-order valence-corrected chi connectivity index (χ3v) is 4.55. The monoisotopic (exact) mass is 291 g/mol. The molecule has 3 aromatic rings. The number of pyridine rings is 1. The lowest BCUT2D eigenvalue weighted by atomic mass is 9.95. The second-order valence-electron chi connectivity index (χ2n) is 6.17. The standard InChI is InChI=1S/C21H24N/c1-6-17-9-8-15(3)20(13-17)21-19-10-7-14(2)11-18(19)12-16(4)22(21)5/h7-13H,6H2,1-5H3/q+1/i12D. The van der Waals surface area contributed by atoms with E-state index in [0.29, 0.717) is 6.04 Å². The number of hydrogen-bond acceptors (Lipinski definition) is 0. The molecular formula is C21H24N+. The largest absolute Gasteiger partial charge is 0.220 e. The summed E-state index contributed by atoms with van der Waals surface area (Å²) in [4.78, 5) is 0. The number of benzene rings is 2. The predicted octanol–water partition coefficient (Wildman–Crippen LogP) is 4.82. The SMILES string of the molecule is [2H]c1c(C)[n+](C)c(-c2cc(CC)ccc2C)c2ccc(C)cc12. The average Bonchev–Trinajstić information content (AvgIpc) is 2.55. The van der Waals surface area contributed by atoms with Gasteiger partial charge in [0.25, 0.3) is 0 Å². The van der Waals surface area contributed by atoms with Gasteiger partial charge in [-0.3, -0.25) is 0 Å². The Morgan fingerprint density at radius 2 is 1.82 bits per heavy atom. The van der Waals surface area contributed by atoms with Crippen molar-refractivity contribution in [1.29, 1.82) is 0 Å². The minimum absolute atomic E-state index is 0.624. The van der Waals surface area contributed by atoms with Crippen LogP contribution in [0.1, 0.15) is 30.7 Å². The zero-order chi connectivity index (χ0) is 16.7. The molecule has 0 N–H and O–H groups in total. The highest BCUT2D eigenvalue weighted by atomic mass is 14.9. The summed E-state index contributed by atoms with van der Waals surface area (Å²) in [6, 6.07) is 13.8.